The molecule has 2 aliphatic rings. The van der Waals surface area contributed by atoms with Gasteiger partial charge in [0.2, 0.25) is 0 Å². The van der Waals surface area contributed by atoms with Crippen molar-refractivity contribution >= 4 is 11.3 Å². The molecule has 0 bridgehead atoms. The van der Waals surface area contributed by atoms with Crippen molar-refractivity contribution in [3.63, 3.8) is 0 Å². The number of thiophene rings is 1. The van der Waals surface area contributed by atoms with Crippen LogP contribution in [0.3, 0.4) is 0 Å². The molecule has 1 aliphatic carbocycles. The maximum Gasteiger partial charge on any atom is 0.0110 e. The molecule has 3 unspecified atom stereocenters. The molecule has 0 aromatic carbocycles. The topological polar surface area (TPSA) is 24.1 Å². The van der Waals surface area contributed by atoms with Crippen LogP contribution in [0.4, 0.5) is 0 Å². The first-order chi connectivity index (χ1) is 9.43. The SMILES string of the molecule is c1csc(CCNC2CCCC2C2CCCCN2)c1. The molecule has 1 aromatic heterocycles. The van der Waals surface area contributed by atoms with Crippen molar-refractivity contribution in [1.82, 2.24) is 10.6 Å². The highest BCUT2D eigenvalue weighted by molar-refractivity contribution is 7.09. The van der Waals surface area contributed by atoms with Crippen LogP contribution in [0.5, 0.6) is 0 Å². The fourth-order valence-electron chi connectivity index (χ4n) is 3.80. The summed E-state index contributed by atoms with van der Waals surface area (Å²) in [5.74, 6) is 0.878. The molecule has 1 aliphatic heterocycles. The molecule has 0 radical (unpaired) electrons. The number of hydrogen-bond acceptors (Lipinski definition) is 3. The molecule has 3 heteroatoms. The molecular formula is C16H26N2S. The quantitative estimate of drug-likeness (QED) is 0.864. The molecule has 3 atom stereocenters. The Balaban J connectivity index is 1.46. The highest BCUT2D eigenvalue weighted by Gasteiger charge is 2.33. The molecule has 2 nitrogen and oxygen atoms in total. The standard InChI is InChI=1S/C16H26N2S/c1-2-10-17-15(7-1)14-6-3-8-16(14)18-11-9-13-5-4-12-19-13/h4-5,12,14-18H,1-3,6-11H2. The summed E-state index contributed by atoms with van der Waals surface area (Å²) >= 11 is 1.88. The monoisotopic (exact) mass is 278 g/mol. The minimum atomic E-state index is 0.760. The minimum Gasteiger partial charge on any atom is -0.314 e. The maximum atomic E-state index is 3.83. The van der Waals surface area contributed by atoms with Gasteiger partial charge in [0.1, 0.15) is 0 Å². The van der Waals surface area contributed by atoms with Gasteiger partial charge in [-0.05, 0) is 56.0 Å². The van der Waals surface area contributed by atoms with Crippen LogP contribution in [0, 0.1) is 5.92 Å². The molecule has 106 valence electrons. The normalized spacial score (nSPS) is 31.7. The highest BCUT2D eigenvalue weighted by atomic mass is 32.1. The Labute approximate surface area is 121 Å². The lowest BCUT2D eigenvalue weighted by atomic mass is 9.88. The molecule has 2 N–H and O–H groups in total. The third-order valence-electron chi connectivity index (χ3n) is 4.79. The van der Waals surface area contributed by atoms with E-state index >= 15 is 0 Å². The predicted molar refractivity (Wildman–Crippen MR) is 82.8 cm³/mol. The Morgan fingerprint density at radius 3 is 3.00 bits per heavy atom. The van der Waals surface area contributed by atoms with Gasteiger partial charge in [-0.3, -0.25) is 0 Å². The van der Waals surface area contributed by atoms with Crippen LogP contribution >= 0.6 is 11.3 Å². The molecule has 1 aromatic rings. The molecule has 19 heavy (non-hydrogen) atoms. The fraction of sp³-hybridized carbons (Fsp3) is 0.750. The minimum absolute atomic E-state index is 0.760. The largest absolute Gasteiger partial charge is 0.314 e. The second-order valence-electron chi connectivity index (χ2n) is 6.04. The van der Waals surface area contributed by atoms with Gasteiger partial charge in [0.05, 0.1) is 0 Å². The summed E-state index contributed by atoms with van der Waals surface area (Å²) in [5, 5.41) is 9.77. The highest BCUT2D eigenvalue weighted by Crippen LogP contribution is 2.31. The van der Waals surface area contributed by atoms with Crippen LogP contribution in [0.1, 0.15) is 43.4 Å². The zero-order chi connectivity index (χ0) is 12.9. The molecule has 0 amide bonds. The molecule has 2 fully saturated rings. The fourth-order valence-corrected chi connectivity index (χ4v) is 4.51. The number of nitrogens with one attached hydrogen (secondary N) is 2. The summed E-state index contributed by atoms with van der Waals surface area (Å²) < 4.78 is 0. The molecular weight excluding hydrogens is 252 g/mol. The van der Waals surface area contributed by atoms with Crippen LogP contribution in [0.25, 0.3) is 0 Å². The lowest BCUT2D eigenvalue weighted by molar-refractivity contribution is 0.258. The zero-order valence-corrected chi connectivity index (χ0v) is 12.6. The Morgan fingerprint density at radius 1 is 1.21 bits per heavy atom. The van der Waals surface area contributed by atoms with E-state index in [0.29, 0.717) is 0 Å². The lowest BCUT2D eigenvalue weighted by Gasteiger charge is -2.33. The third kappa shape index (κ3) is 3.59. The molecule has 3 rings (SSSR count). The average molecular weight is 278 g/mol. The van der Waals surface area contributed by atoms with Crippen molar-refractivity contribution in [3.05, 3.63) is 22.4 Å². The van der Waals surface area contributed by atoms with Crippen LogP contribution in [-0.2, 0) is 6.42 Å². The van der Waals surface area contributed by atoms with Gasteiger partial charge in [-0.1, -0.05) is 18.9 Å². The van der Waals surface area contributed by atoms with E-state index in [4.69, 9.17) is 0 Å². The van der Waals surface area contributed by atoms with Crippen molar-refractivity contribution < 1.29 is 0 Å². The van der Waals surface area contributed by atoms with E-state index < -0.39 is 0 Å². The Morgan fingerprint density at radius 2 is 2.21 bits per heavy atom. The van der Waals surface area contributed by atoms with Gasteiger partial charge in [0.25, 0.3) is 0 Å². The summed E-state index contributed by atoms with van der Waals surface area (Å²) in [5.41, 5.74) is 0. The molecule has 0 spiro atoms. The third-order valence-corrected chi connectivity index (χ3v) is 5.73. The van der Waals surface area contributed by atoms with E-state index in [-0.39, 0.29) is 0 Å². The Hall–Kier alpha value is -0.380. The first-order valence-corrected chi connectivity index (χ1v) is 8.80. The van der Waals surface area contributed by atoms with Crippen LogP contribution in [-0.4, -0.2) is 25.2 Å². The number of piperidine rings is 1. The second kappa shape index (κ2) is 6.87. The summed E-state index contributed by atoms with van der Waals surface area (Å²) in [6, 6.07) is 5.96. The maximum absolute atomic E-state index is 3.83. The number of rotatable bonds is 5. The van der Waals surface area contributed by atoms with E-state index in [1.165, 1.54) is 56.4 Å². The number of hydrogen-bond donors (Lipinski definition) is 2. The van der Waals surface area contributed by atoms with Crippen molar-refractivity contribution in [2.75, 3.05) is 13.1 Å². The van der Waals surface area contributed by atoms with E-state index in [0.717, 1.165) is 24.5 Å². The van der Waals surface area contributed by atoms with Crippen molar-refractivity contribution in [3.8, 4) is 0 Å². The Kier molecular flexibility index (Phi) is 4.91. The van der Waals surface area contributed by atoms with Crippen LogP contribution < -0.4 is 10.6 Å². The van der Waals surface area contributed by atoms with Gasteiger partial charge in [0, 0.05) is 23.5 Å². The van der Waals surface area contributed by atoms with E-state index in [2.05, 4.69) is 28.1 Å². The average Bonchev–Trinajstić information content (AvgIpc) is 3.11. The lowest BCUT2D eigenvalue weighted by Crippen LogP contribution is -2.47. The zero-order valence-electron chi connectivity index (χ0n) is 11.7. The molecule has 1 saturated carbocycles. The molecule has 2 heterocycles. The van der Waals surface area contributed by atoms with E-state index in [1.807, 2.05) is 11.3 Å². The van der Waals surface area contributed by atoms with Gasteiger partial charge in [-0.25, -0.2) is 0 Å². The van der Waals surface area contributed by atoms with Crippen LogP contribution in [0.15, 0.2) is 17.5 Å². The summed E-state index contributed by atoms with van der Waals surface area (Å²) in [4.78, 5) is 1.51. The molecule has 1 saturated heterocycles. The second-order valence-corrected chi connectivity index (χ2v) is 7.07. The van der Waals surface area contributed by atoms with Crippen molar-refractivity contribution in [2.24, 2.45) is 5.92 Å². The van der Waals surface area contributed by atoms with Gasteiger partial charge < -0.3 is 10.6 Å². The Bertz CT molecular complexity index is 357. The first kappa shape index (κ1) is 13.6. The van der Waals surface area contributed by atoms with Gasteiger partial charge in [-0.2, -0.15) is 0 Å². The van der Waals surface area contributed by atoms with Crippen molar-refractivity contribution in [1.29, 1.82) is 0 Å². The summed E-state index contributed by atoms with van der Waals surface area (Å²) in [6.45, 7) is 2.39. The first-order valence-electron chi connectivity index (χ1n) is 7.92. The van der Waals surface area contributed by atoms with Gasteiger partial charge >= 0.3 is 0 Å². The van der Waals surface area contributed by atoms with Crippen LogP contribution in [0.2, 0.25) is 0 Å². The predicted octanol–water partition coefficient (Wildman–Crippen LogP) is 3.19. The van der Waals surface area contributed by atoms with Crippen molar-refractivity contribution in [2.45, 2.75) is 57.0 Å². The van der Waals surface area contributed by atoms with Gasteiger partial charge in [0.15, 0.2) is 0 Å². The van der Waals surface area contributed by atoms with E-state index in [1.54, 1.807) is 0 Å². The van der Waals surface area contributed by atoms with E-state index in [9.17, 15) is 0 Å². The van der Waals surface area contributed by atoms with Gasteiger partial charge in [-0.15, -0.1) is 11.3 Å². The summed E-state index contributed by atoms with van der Waals surface area (Å²) in [6.07, 6.45) is 9.61. The smallest absolute Gasteiger partial charge is 0.0110 e. The summed E-state index contributed by atoms with van der Waals surface area (Å²) in [7, 11) is 0.